The Balaban J connectivity index is 1.66. The van der Waals surface area contributed by atoms with E-state index in [1.807, 2.05) is 24.3 Å². The van der Waals surface area contributed by atoms with Crippen molar-refractivity contribution in [3.8, 4) is 5.75 Å². The number of pyridine rings is 1. The summed E-state index contributed by atoms with van der Waals surface area (Å²) in [7, 11) is -1.74. The molecule has 2 heterocycles. The third kappa shape index (κ3) is 3.68. The average molecular weight is 348 g/mol. The number of aromatic nitrogens is 1. The van der Waals surface area contributed by atoms with Crippen LogP contribution >= 0.6 is 0 Å². The van der Waals surface area contributed by atoms with E-state index >= 15 is 0 Å². The molecule has 1 aliphatic heterocycles. The first-order valence-electron chi connectivity index (χ1n) is 7.98. The van der Waals surface area contributed by atoms with Crippen molar-refractivity contribution >= 4 is 15.8 Å². The van der Waals surface area contributed by atoms with Gasteiger partial charge in [-0.15, -0.1) is 0 Å². The summed E-state index contributed by atoms with van der Waals surface area (Å²) in [6.07, 6.45) is 3.41. The summed E-state index contributed by atoms with van der Waals surface area (Å²) in [6, 6.07) is 11.2. The second kappa shape index (κ2) is 7.19. The number of nitrogens with zero attached hydrogens (tertiary/aromatic N) is 1. The van der Waals surface area contributed by atoms with Crippen LogP contribution in [0.25, 0.3) is 0 Å². The van der Waals surface area contributed by atoms with Gasteiger partial charge >= 0.3 is 0 Å². The highest BCUT2D eigenvalue weighted by Crippen LogP contribution is 2.20. The smallest absolute Gasteiger partial charge is 0.272 e. The van der Waals surface area contributed by atoms with Gasteiger partial charge in [-0.25, -0.2) is 13.4 Å². The highest BCUT2D eigenvalue weighted by atomic mass is 32.2. The molecule has 0 unspecified atom stereocenters. The first-order chi connectivity index (χ1) is 11.6. The van der Waals surface area contributed by atoms with E-state index in [4.69, 9.17) is 4.74 Å². The molecule has 0 aliphatic carbocycles. The summed E-state index contributed by atoms with van der Waals surface area (Å²) in [6.45, 7) is 1.84. The summed E-state index contributed by atoms with van der Waals surface area (Å²) in [4.78, 5) is 3.32. The van der Waals surface area contributed by atoms with Gasteiger partial charge in [0.1, 0.15) is 23.4 Å². The van der Waals surface area contributed by atoms with E-state index in [9.17, 15) is 8.42 Å². The Morgan fingerprint density at radius 3 is 2.67 bits per heavy atom. The molecule has 24 heavy (non-hydrogen) atoms. The summed E-state index contributed by atoms with van der Waals surface area (Å²) in [5.41, 5.74) is 1.08. The average Bonchev–Trinajstić information content (AvgIpc) is 3.16. The fourth-order valence-electron chi connectivity index (χ4n) is 2.74. The summed E-state index contributed by atoms with van der Waals surface area (Å²) >= 11 is 0. The lowest BCUT2D eigenvalue weighted by Crippen LogP contribution is -2.29. The maximum absolute atomic E-state index is 12.5. The van der Waals surface area contributed by atoms with Gasteiger partial charge in [-0.05, 0) is 36.6 Å². The minimum Gasteiger partial charge on any atom is -0.497 e. The molecule has 0 atom stereocenters. The van der Waals surface area contributed by atoms with Crippen LogP contribution in [0.5, 0.6) is 5.75 Å². The second-order valence-electron chi connectivity index (χ2n) is 5.75. The van der Waals surface area contributed by atoms with Crippen molar-refractivity contribution in [1.82, 2.24) is 4.31 Å². The van der Waals surface area contributed by atoms with Crippen molar-refractivity contribution in [3.63, 3.8) is 0 Å². The molecular weight excluding hydrogens is 326 g/mol. The Morgan fingerprint density at radius 1 is 1.21 bits per heavy atom. The molecule has 1 aromatic heterocycles. The molecular formula is C17H22N3O3S+. The summed E-state index contributed by atoms with van der Waals surface area (Å²) in [5.74, 6) is 1.57. The molecule has 0 radical (unpaired) electrons. The molecule has 128 valence electrons. The van der Waals surface area contributed by atoms with Crippen molar-refractivity contribution in [2.45, 2.75) is 24.3 Å². The van der Waals surface area contributed by atoms with Crippen LogP contribution in [0.3, 0.4) is 0 Å². The Bertz CT molecular complexity index is 785. The number of H-pyrrole nitrogens is 1. The molecule has 1 aromatic carbocycles. The molecule has 0 spiro atoms. The summed E-state index contributed by atoms with van der Waals surface area (Å²) in [5, 5.41) is 3.24. The molecule has 3 rings (SSSR count). The largest absolute Gasteiger partial charge is 0.497 e. The van der Waals surface area contributed by atoms with Crippen molar-refractivity contribution in [1.29, 1.82) is 0 Å². The highest BCUT2D eigenvalue weighted by molar-refractivity contribution is 7.89. The van der Waals surface area contributed by atoms with Crippen molar-refractivity contribution in [2.24, 2.45) is 0 Å². The van der Waals surface area contributed by atoms with Crippen LogP contribution in [0.4, 0.5) is 5.82 Å². The molecule has 1 aliphatic rings. The molecule has 1 saturated heterocycles. The van der Waals surface area contributed by atoms with Gasteiger partial charge in [0.25, 0.3) is 5.82 Å². The van der Waals surface area contributed by atoms with Gasteiger partial charge in [0, 0.05) is 19.2 Å². The highest BCUT2D eigenvalue weighted by Gasteiger charge is 2.27. The van der Waals surface area contributed by atoms with E-state index in [1.54, 1.807) is 29.7 Å². The molecule has 6 nitrogen and oxygen atoms in total. The van der Waals surface area contributed by atoms with Crippen molar-refractivity contribution in [2.75, 3.05) is 25.5 Å². The van der Waals surface area contributed by atoms with E-state index in [0.717, 1.165) is 30.0 Å². The topological polar surface area (TPSA) is 72.8 Å². The number of rotatable bonds is 6. The van der Waals surface area contributed by atoms with E-state index in [-0.39, 0.29) is 0 Å². The van der Waals surface area contributed by atoms with Crippen LogP contribution in [-0.4, -0.2) is 32.9 Å². The quantitative estimate of drug-likeness (QED) is 0.865. The van der Waals surface area contributed by atoms with Crippen molar-refractivity contribution < 1.29 is 18.1 Å². The van der Waals surface area contributed by atoms with E-state index in [1.165, 1.54) is 0 Å². The third-order valence-electron chi connectivity index (χ3n) is 4.10. The van der Waals surface area contributed by atoms with Crippen LogP contribution in [0.15, 0.2) is 47.5 Å². The number of methoxy groups -OCH3 is 1. The lowest BCUT2D eigenvalue weighted by molar-refractivity contribution is -0.364. The number of sulfonamides is 1. The van der Waals surface area contributed by atoms with E-state index < -0.39 is 10.0 Å². The van der Waals surface area contributed by atoms with E-state index in [2.05, 4.69) is 10.3 Å². The van der Waals surface area contributed by atoms with Crippen LogP contribution in [0.1, 0.15) is 18.4 Å². The van der Waals surface area contributed by atoms with Gasteiger partial charge in [0.15, 0.2) is 0 Å². The number of nitrogens with one attached hydrogen (secondary N) is 2. The van der Waals surface area contributed by atoms with Gasteiger partial charge in [-0.2, -0.15) is 4.31 Å². The zero-order valence-electron chi connectivity index (χ0n) is 13.7. The zero-order valence-corrected chi connectivity index (χ0v) is 14.5. The lowest BCUT2D eigenvalue weighted by atomic mass is 10.2. The van der Waals surface area contributed by atoms with Crippen molar-refractivity contribution in [3.05, 3.63) is 48.2 Å². The second-order valence-corrected chi connectivity index (χ2v) is 7.69. The normalized spacial score (nSPS) is 15.4. The number of ether oxygens (including phenoxy) is 1. The molecule has 0 saturated carbocycles. The molecule has 0 bridgehead atoms. The van der Waals surface area contributed by atoms with Gasteiger partial charge in [0.2, 0.25) is 10.0 Å². The van der Waals surface area contributed by atoms with Gasteiger partial charge in [-0.1, -0.05) is 12.1 Å². The predicted octanol–water partition coefficient (Wildman–Crippen LogP) is 1.91. The maximum Gasteiger partial charge on any atom is 0.272 e. The molecule has 0 amide bonds. The minimum atomic E-state index is -3.37. The SMILES string of the molecule is COc1cccc(CNc2ccc(S(=O)(=O)N3CCCC3)c[nH+]2)c1. The molecule has 2 aromatic rings. The number of hydrogen-bond acceptors (Lipinski definition) is 4. The lowest BCUT2D eigenvalue weighted by Gasteiger charge is -2.14. The van der Waals surface area contributed by atoms with Gasteiger partial charge < -0.3 is 4.74 Å². The molecule has 1 fully saturated rings. The van der Waals surface area contributed by atoms with Gasteiger partial charge in [0.05, 0.1) is 7.11 Å². The summed E-state index contributed by atoms with van der Waals surface area (Å²) < 4.78 is 31.7. The third-order valence-corrected chi connectivity index (χ3v) is 6.00. The Hall–Kier alpha value is -2.12. The zero-order chi connectivity index (χ0) is 17.0. The van der Waals surface area contributed by atoms with Crippen LogP contribution in [0, 0.1) is 0 Å². The number of anilines is 1. The number of aromatic amines is 1. The fraction of sp³-hybridized carbons (Fsp3) is 0.353. The standard InChI is InChI=1S/C17H21N3O3S/c1-23-15-6-4-5-14(11-15)12-18-17-8-7-16(13-19-17)24(21,22)20-9-2-3-10-20/h4-8,11,13H,2-3,9-10,12H2,1H3,(H,18,19)/p+1. The first kappa shape index (κ1) is 16.7. The Morgan fingerprint density at radius 2 is 2.00 bits per heavy atom. The minimum absolute atomic E-state index is 0.302. The van der Waals surface area contributed by atoms with Gasteiger partial charge in [-0.3, -0.25) is 5.32 Å². The van der Waals surface area contributed by atoms with E-state index in [0.29, 0.717) is 24.5 Å². The Labute approximate surface area is 142 Å². The van der Waals surface area contributed by atoms with Crippen LogP contribution in [-0.2, 0) is 16.6 Å². The first-order valence-corrected chi connectivity index (χ1v) is 9.42. The molecule has 2 N–H and O–H groups in total. The number of hydrogen-bond donors (Lipinski definition) is 1. The number of benzene rings is 1. The Kier molecular flexibility index (Phi) is 5.01. The predicted molar refractivity (Wildman–Crippen MR) is 91.3 cm³/mol. The maximum atomic E-state index is 12.5. The van der Waals surface area contributed by atoms with Crippen LogP contribution < -0.4 is 15.0 Å². The van der Waals surface area contributed by atoms with Crippen LogP contribution in [0.2, 0.25) is 0 Å². The fourth-order valence-corrected chi connectivity index (χ4v) is 4.22. The monoisotopic (exact) mass is 348 g/mol. The molecule has 7 heteroatoms.